The fourth-order valence-corrected chi connectivity index (χ4v) is 2.06. The summed E-state index contributed by atoms with van der Waals surface area (Å²) in [6, 6.07) is 12.2. The standard InChI is InChI=1S/C18H21NO5/c1-12(24-14-7-5-13(21-2)6-8-14)18(20)19-16-11-15(22-3)9-10-17(16)23-4/h5-12H,1-4H3,(H,19,20)/t12-/m1/s1. The topological polar surface area (TPSA) is 66.0 Å². The van der Waals surface area contributed by atoms with Gasteiger partial charge in [-0.2, -0.15) is 0 Å². The first-order valence-electron chi connectivity index (χ1n) is 7.41. The van der Waals surface area contributed by atoms with Crippen LogP contribution in [0.5, 0.6) is 23.0 Å². The second-order valence-corrected chi connectivity index (χ2v) is 4.99. The first kappa shape index (κ1) is 17.5. The Hall–Kier alpha value is -2.89. The van der Waals surface area contributed by atoms with E-state index in [4.69, 9.17) is 18.9 Å². The van der Waals surface area contributed by atoms with Gasteiger partial charge in [-0.25, -0.2) is 0 Å². The zero-order chi connectivity index (χ0) is 17.5. The summed E-state index contributed by atoms with van der Waals surface area (Å²) in [5.74, 6) is 2.17. The smallest absolute Gasteiger partial charge is 0.265 e. The molecular weight excluding hydrogens is 310 g/mol. The van der Waals surface area contributed by atoms with Gasteiger partial charge in [0.25, 0.3) is 5.91 Å². The Morgan fingerprint density at radius 1 is 0.875 bits per heavy atom. The lowest BCUT2D eigenvalue weighted by molar-refractivity contribution is -0.122. The van der Waals surface area contributed by atoms with Gasteiger partial charge in [0, 0.05) is 6.07 Å². The van der Waals surface area contributed by atoms with Crippen LogP contribution in [0, 0.1) is 0 Å². The average molecular weight is 331 g/mol. The summed E-state index contributed by atoms with van der Waals surface area (Å²) in [6.07, 6.45) is -0.686. The lowest BCUT2D eigenvalue weighted by atomic mass is 10.2. The summed E-state index contributed by atoms with van der Waals surface area (Å²) in [5, 5.41) is 2.79. The van der Waals surface area contributed by atoms with Crippen molar-refractivity contribution in [1.82, 2.24) is 0 Å². The van der Waals surface area contributed by atoms with Crippen LogP contribution >= 0.6 is 0 Å². The number of nitrogens with one attached hydrogen (secondary N) is 1. The first-order chi connectivity index (χ1) is 11.6. The van der Waals surface area contributed by atoms with Crippen molar-refractivity contribution in [2.45, 2.75) is 13.0 Å². The van der Waals surface area contributed by atoms with Crippen LogP contribution in [-0.2, 0) is 4.79 Å². The Labute approximate surface area is 141 Å². The van der Waals surface area contributed by atoms with Gasteiger partial charge in [0.05, 0.1) is 27.0 Å². The van der Waals surface area contributed by atoms with Crippen LogP contribution in [0.15, 0.2) is 42.5 Å². The van der Waals surface area contributed by atoms with Gasteiger partial charge in [-0.3, -0.25) is 4.79 Å². The lowest BCUT2D eigenvalue weighted by Crippen LogP contribution is -2.30. The highest BCUT2D eigenvalue weighted by molar-refractivity contribution is 5.95. The number of carbonyl (C=O) groups excluding carboxylic acids is 1. The van der Waals surface area contributed by atoms with Crippen molar-refractivity contribution < 1.29 is 23.7 Å². The van der Waals surface area contributed by atoms with E-state index in [1.54, 1.807) is 63.6 Å². The van der Waals surface area contributed by atoms with E-state index in [0.29, 0.717) is 22.9 Å². The molecule has 0 radical (unpaired) electrons. The minimum atomic E-state index is -0.686. The zero-order valence-electron chi connectivity index (χ0n) is 14.2. The molecular formula is C18H21NO5. The van der Waals surface area contributed by atoms with Crippen LogP contribution in [0.4, 0.5) is 5.69 Å². The number of hydrogen-bond acceptors (Lipinski definition) is 5. The summed E-state index contributed by atoms with van der Waals surface area (Å²) >= 11 is 0. The minimum Gasteiger partial charge on any atom is -0.497 e. The van der Waals surface area contributed by atoms with Crippen LogP contribution in [0.3, 0.4) is 0 Å². The van der Waals surface area contributed by atoms with E-state index >= 15 is 0 Å². The molecule has 0 heterocycles. The average Bonchev–Trinajstić information content (AvgIpc) is 2.62. The Morgan fingerprint density at radius 2 is 1.46 bits per heavy atom. The van der Waals surface area contributed by atoms with Crippen molar-refractivity contribution in [2.24, 2.45) is 0 Å². The Bertz CT molecular complexity index is 684. The third-order valence-electron chi connectivity index (χ3n) is 3.41. The predicted molar refractivity (Wildman–Crippen MR) is 91.3 cm³/mol. The molecule has 2 rings (SSSR count). The third kappa shape index (κ3) is 4.32. The first-order valence-corrected chi connectivity index (χ1v) is 7.41. The minimum absolute atomic E-state index is 0.294. The van der Waals surface area contributed by atoms with Crippen molar-refractivity contribution in [3.8, 4) is 23.0 Å². The number of carbonyl (C=O) groups is 1. The summed E-state index contributed by atoms with van der Waals surface area (Å²) in [4.78, 5) is 12.4. The molecule has 0 saturated heterocycles. The second-order valence-electron chi connectivity index (χ2n) is 4.99. The van der Waals surface area contributed by atoms with Gasteiger partial charge in [0.2, 0.25) is 0 Å². The highest BCUT2D eigenvalue weighted by Crippen LogP contribution is 2.29. The van der Waals surface area contributed by atoms with E-state index in [9.17, 15) is 4.79 Å². The number of amides is 1. The summed E-state index contributed by atoms with van der Waals surface area (Å²) in [7, 11) is 4.69. The van der Waals surface area contributed by atoms with Crippen molar-refractivity contribution in [1.29, 1.82) is 0 Å². The normalized spacial score (nSPS) is 11.3. The van der Waals surface area contributed by atoms with Crippen LogP contribution < -0.4 is 24.3 Å². The van der Waals surface area contributed by atoms with Crippen molar-refractivity contribution >= 4 is 11.6 Å². The van der Waals surface area contributed by atoms with Gasteiger partial charge < -0.3 is 24.3 Å². The molecule has 0 unspecified atom stereocenters. The van der Waals surface area contributed by atoms with Gasteiger partial charge in [0.1, 0.15) is 23.0 Å². The highest BCUT2D eigenvalue weighted by atomic mass is 16.5. The van der Waals surface area contributed by atoms with E-state index in [0.717, 1.165) is 5.75 Å². The monoisotopic (exact) mass is 331 g/mol. The number of ether oxygens (including phenoxy) is 4. The fraction of sp³-hybridized carbons (Fsp3) is 0.278. The SMILES string of the molecule is COc1ccc(O[C@H](C)C(=O)Nc2cc(OC)ccc2OC)cc1. The molecule has 0 spiro atoms. The van der Waals surface area contributed by atoms with Crippen LogP contribution in [0.2, 0.25) is 0 Å². The van der Waals surface area contributed by atoms with E-state index in [1.807, 2.05) is 0 Å². The molecule has 0 aromatic heterocycles. The maximum atomic E-state index is 12.4. The van der Waals surface area contributed by atoms with Gasteiger partial charge in [-0.1, -0.05) is 0 Å². The van der Waals surface area contributed by atoms with Crippen molar-refractivity contribution in [2.75, 3.05) is 26.6 Å². The summed E-state index contributed by atoms with van der Waals surface area (Å²) < 4.78 is 21.1. The molecule has 0 bridgehead atoms. The van der Waals surface area contributed by atoms with Gasteiger partial charge >= 0.3 is 0 Å². The molecule has 1 atom stereocenters. The Balaban J connectivity index is 2.05. The highest BCUT2D eigenvalue weighted by Gasteiger charge is 2.17. The van der Waals surface area contributed by atoms with E-state index in [2.05, 4.69) is 5.32 Å². The number of hydrogen-bond donors (Lipinski definition) is 1. The number of benzene rings is 2. The molecule has 0 saturated carbocycles. The third-order valence-corrected chi connectivity index (χ3v) is 3.41. The van der Waals surface area contributed by atoms with Crippen molar-refractivity contribution in [3.05, 3.63) is 42.5 Å². The molecule has 0 aliphatic rings. The van der Waals surface area contributed by atoms with E-state index in [1.165, 1.54) is 7.11 Å². The van der Waals surface area contributed by atoms with E-state index in [-0.39, 0.29) is 5.91 Å². The molecule has 6 heteroatoms. The maximum absolute atomic E-state index is 12.4. The van der Waals surface area contributed by atoms with E-state index < -0.39 is 6.10 Å². The molecule has 0 aliphatic heterocycles. The molecule has 0 aliphatic carbocycles. The molecule has 6 nitrogen and oxygen atoms in total. The maximum Gasteiger partial charge on any atom is 0.265 e. The molecule has 128 valence electrons. The van der Waals surface area contributed by atoms with Crippen molar-refractivity contribution in [3.63, 3.8) is 0 Å². The van der Waals surface area contributed by atoms with Crippen LogP contribution in [-0.4, -0.2) is 33.3 Å². The largest absolute Gasteiger partial charge is 0.497 e. The number of anilines is 1. The molecule has 1 amide bonds. The summed E-state index contributed by atoms with van der Waals surface area (Å²) in [5.41, 5.74) is 0.520. The predicted octanol–water partition coefficient (Wildman–Crippen LogP) is 3.12. The number of rotatable bonds is 7. The zero-order valence-corrected chi connectivity index (χ0v) is 14.2. The number of methoxy groups -OCH3 is 3. The molecule has 2 aromatic rings. The second kappa shape index (κ2) is 8.10. The van der Waals surface area contributed by atoms with Gasteiger partial charge in [0.15, 0.2) is 6.10 Å². The quantitative estimate of drug-likeness (QED) is 0.844. The molecule has 0 fully saturated rings. The molecule has 24 heavy (non-hydrogen) atoms. The van der Waals surface area contributed by atoms with Gasteiger partial charge in [-0.15, -0.1) is 0 Å². The lowest BCUT2D eigenvalue weighted by Gasteiger charge is -2.17. The molecule has 2 aromatic carbocycles. The van der Waals surface area contributed by atoms with Crippen LogP contribution in [0.1, 0.15) is 6.92 Å². The van der Waals surface area contributed by atoms with Crippen LogP contribution in [0.25, 0.3) is 0 Å². The van der Waals surface area contributed by atoms with Gasteiger partial charge in [-0.05, 0) is 43.3 Å². The summed E-state index contributed by atoms with van der Waals surface area (Å²) in [6.45, 7) is 1.67. The Kier molecular flexibility index (Phi) is 5.89. The fourth-order valence-electron chi connectivity index (χ4n) is 2.06. The Morgan fingerprint density at radius 3 is 2.04 bits per heavy atom. The molecule has 1 N–H and O–H groups in total.